The molecule has 2 rings (SSSR count). The zero-order chi connectivity index (χ0) is 21.2. The fourth-order valence-corrected chi connectivity index (χ4v) is 2.67. The number of hydrogen-bond donors (Lipinski definition) is 2. The second-order valence-corrected chi connectivity index (χ2v) is 6.68. The summed E-state index contributed by atoms with van der Waals surface area (Å²) in [5.74, 6) is -1.07. The Kier molecular flexibility index (Phi) is 8.21. The van der Waals surface area contributed by atoms with Gasteiger partial charge in [-0.2, -0.15) is 0 Å². The second-order valence-electron chi connectivity index (χ2n) is 6.68. The van der Waals surface area contributed by atoms with E-state index < -0.39 is 24.0 Å². The van der Waals surface area contributed by atoms with E-state index in [1.54, 1.807) is 0 Å². The van der Waals surface area contributed by atoms with Gasteiger partial charge >= 0.3 is 12.1 Å². The molecule has 0 radical (unpaired) electrons. The van der Waals surface area contributed by atoms with Crippen molar-refractivity contribution in [3.63, 3.8) is 0 Å². The summed E-state index contributed by atoms with van der Waals surface area (Å²) in [6.07, 6.45) is -0.425. The van der Waals surface area contributed by atoms with Crippen molar-refractivity contribution in [3.8, 4) is 0 Å². The van der Waals surface area contributed by atoms with Crippen LogP contribution in [0.15, 0.2) is 48.5 Å². The van der Waals surface area contributed by atoms with Crippen LogP contribution in [0.4, 0.5) is 4.79 Å². The molecule has 154 valence electrons. The molecule has 0 bridgehead atoms. The summed E-state index contributed by atoms with van der Waals surface area (Å²) in [4.78, 5) is 36.0. The highest BCUT2D eigenvalue weighted by Gasteiger charge is 2.22. The number of rotatable bonds is 8. The molecule has 0 aliphatic carbocycles. The van der Waals surface area contributed by atoms with E-state index in [4.69, 9.17) is 9.47 Å². The van der Waals surface area contributed by atoms with Gasteiger partial charge in [-0.15, -0.1) is 0 Å². The second kappa shape index (κ2) is 10.8. The van der Waals surface area contributed by atoms with Crippen LogP contribution >= 0.6 is 0 Å². The minimum Gasteiger partial charge on any atom is -0.467 e. The van der Waals surface area contributed by atoms with Gasteiger partial charge in [0.05, 0.1) is 7.11 Å². The molecule has 7 heteroatoms. The maximum Gasteiger partial charge on any atom is 0.407 e. The standard InChI is InChI=1S/C22H26N2O5/c1-15-9-10-18(11-16(15)2)12-19(21(26)28-3)24-20(25)13-23-22(27)29-14-17-7-5-4-6-8-17/h4-11,19H,12-14H2,1-3H3,(H,23,27)(H,24,25)/t19-/m1/s1. The lowest BCUT2D eigenvalue weighted by Gasteiger charge is -2.17. The number of benzene rings is 2. The lowest BCUT2D eigenvalue weighted by atomic mass is 10.0. The molecule has 2 amide bonds. The number of aryl methyl sites for hydroxylation is 2. The van der Waals surface area contributed by atoms with Gasteiger partial charge in [-0.05, 0) is 36.1 Å². The van der Waals surface area contributed by atoms with Gasteiger partial charge < -0.3 is 20.1 Å². The lowest BCUT2D eigenvalue weighted by molar-refractivity contribution is -0.144. The van der Waals surface area contributed by atoms with Gasteiger partial charge in [0.2, 0.25) is 5.91 Å². The fourth-order valence-electron chi connectivity index (χ4n) is 2.67. The molecule has 0 aromatic heterocycles. The Labute approximate surface area is 170 Å². The summed E-state index contributed by atoms with van der Waals surface area (Å²) in [5, 5.41) is 4.97. The summed E-state index contributed by atoms with van der Waals surface area (Å²) in [6.45, 7) is 3.77. The maximum absolute atomic E-state index is 12.2. The average molecular weight is 398 g/mol. The fraction of sp³-hybridized carbons (Fsp3) is 0.318. The number of alkyl carbamates (subject to hydrolysis) is 1. The molecule has 0 heterocycles. The molecular formula is C22H26N2O5. The molecule has 0 saturated heterocycles. The molecule has 2 aromatic rings. The highest BCUT2D eigenvalue weighted by atomic mass is 16.5. The Balaban J connectivity index is 1.84. The van der Waals surface area contributed by atoms with Gasteiger partial charge in [0.1, 0.15) is 19.2 Å². The molecule has 0 fully saturated rings. The van der Waals surface area contributed by atoms with Crippen molar-refractivity contribution in [3.05, 3.63) is 70.8 Å². The monoisotopic (exact) mass is 398 g/mol. The first-order valence-electron chi connectivity index (χ1n) is 9.27. The van der Waals surface area contributed by atoms with Gasteiger partial charge in [-0.1, -0.05) is 48.5 Å². The van der Waals surface area contributed by atoms with E-state index >= 15 is 0 Å². The summed E-state index contributed by atoms with van der Waals surface area (Å²) < 4.78 is 9.84. The van der Waals surface area contributed by atoms with E-state index in [0.29, 0.717) is 0 Å². The third-order valence-electron chi connectivity index (χ3n) is 4.44. The molecule has 2 N–H and O–H groups in total. The maximum atomic E-state index is 12.2. The molecule has 1 atom stereocenters. The third kappa shape index (κ3) is 7.29. The van der Waals surface area contributed by atoms with Gasteiger partial charge in [0.25, 0.3) is 0 Å². The van der Waals surface area contributed by atoms with E-state index in [-0.39, 0.29) is 19.6 Å². The number of nitrogens with one attached hydrogen (secondary N) is 2. The van der Waals surface area contributed by atoms with Crippen LogP contribution in [-0.4, -0.2) is 37.7 Å². The van der Waals surface area contributed by atoms with Crippen molar-refractivity contribution in [1.82, 2.24) is 10.6 Å². The molecule has 0 saturated carbocycles. The highest BCUT2D eigenvalue weighted by Crippen LogP contribution is 2.12. The first-order valence-corrected chi connectivity index (χ1v) is 9.27. The Morgan fingerprint density at radius 3 is 2.34 bits per heavy atom. The Morgan fingerprint density at radius 1 is 0.966 bits per heavy atom. The Hall–Kier alpha value is -3.35. The largest absolute Gasteiger partial charge is 0.467 e. The van der Waals surface area contributed by atoms with Crippen molar-refractivity contribution < 1.29 is 23.9 Å². The van der Waals surface area contributed by atoms with Crippen molar-refractivity contribution in [2.24, 2.45) is 0 Å². The topological polar surface area (TPSA) is 93.7 Å². The number of hydrogen-bond acceptors (Lipinski definition) is 5. The first kappa shape index (κ1) is 21.9. The number of methoxy groups -OCH3 is 1. The smallest absolute Gasteiger partial charge is 0.407 e. The molecule has 2 aromatic carbocycles. The SMILES string of the molecule is COC(=O)[C@@H](Cc1ccc(C)c(C)c1)NC(=O)CNC(=O)OCc1ccccc1. The molecule has 0 spiro atoms. The van der Waals surface area contributed by atoms with Crippen LogP contribution in [0.5, 0.6) is 0 Å². The number of amides is 2. The van der Waals surface area contributed by atoms with Crippen LogP contribution < -0.4 is 10.6 Å². The molecule has 29 heavy (non-hydrogen) atoms. The van der Waals surface area contributed by atoms with Crippen molar-refractivity contribution in [2.45, 2.75) is 32.9 Å². The number of carbonyl (C=O) groups excluding carboxylic acids is 3. The number of carbonyl (C=O) groups is 3. The van der Waals surface area contributed by atoms with Crippen LogP contribution in [0, 0.1) is 13.8 Å². The van der Waals surface area contributed by atoms with Crippen LogP contribution in [0.25, 0.3) is 0 Å². The summed E-state index contributed by atoms with van der Waals surface area (Å²) >= 11 is 0. The highest BCUT2D eigenvalue weighted by molar-refractivity contribution is 5.87. The normalized spacial score (nSPS) is 11.3. The first-order chi connectivity index (χ1) is 13.9. The molecule has 0 aliphatic rings. The Morgan fingerprint density at radius 2 is 1.69 bits per heavy atom. The van der Waals surface area contributed by atoms with Crippen LogP contribution in [0.3, 0.4) is 0 Å². The van der Waals surface area contributed by atoms with Crippen LogP contribution in [0.1, 0.15) is 22.3 Å². The minimum absolute atomic E-state index is 0.103. The van der Waals surface area contributed by atoms with E-state index in [2.05, 4.69) is 10.6 Å². The van der Waals surface area contributed by atoms with E-state index in [1.807, 2.05) is 62.4 Å². The Bertz CT molecular complexity index is 852. The van der Waals surface area contributed by atoms with Gasteiger partial charge in [0.15, 0.2) is 0 Å². The van der Waals surface area contributed by atoms with Crippen LogP contribution in [-0.2, 0) is 32.1 Å². The van der Waals surface area contributed by atoms with E-state index in [9.17, 15) is 14.4 Å². The zero-order valence-corrected chi connectivity index (χ0v) is 16.9. The summed E-state index contributed by atoms with van der Waals surface area (Å²) in [5.41, 5.74) is 3.98. The van der Waals surface area contributed by atoms with Gasteiger partial charge in [0, 0.05) is 6.42 Å². The summed E-state index contributed by atoms with van der Waals surface area (Å²) in [7, 11) is 1.26. The number of ether oxygens (including phenoxy) is 2. The quantitative estimate of drug-likeness (QED) is 0.666. The van der Waals surface area contributed by atoms with Crippen LogP contribution in [0.2, 0.25) is 0 Å². The lowest BCUT2D eigenvalue weighted by Crippen LogP contribution is -2.47. The predicted octanol–water partition coefficient (Wildman–Crippen LogP) is 2.43. The van der Waals surface area contributed by atoms with Crippen molar-refractivity contribution >= 4 is 18.0 Å². The summed E-state index contributed by atoms with van der Waals surface area (Å²) in [6, 6.07) is 14.2. The minimum atomic E-state index is -0.850. The zero-order valence-electron chi connectivity index (χ0n) is 16.9. The molecule has 7 nitrogen and oxygen atoms in total. The molecule has 0 unspecified atom stereocenters. The predicted molar refractivity (Wildman–Crippen MR) is 108 cm³/mol. The number of esters is 1. The third-order valence-corrected chi connectivity index (χ3v) is 4.44. The van der Waals surface area contributed by atoms with E-state index in [0.717, 1.165) is 22.3 Å². The van der Waals surface area contributed by atoms with Crippen molar-refractivity contribution in [1.29, 1.82) is 0 Å². The van der Waals surface area contributed by atoms with Gasteiger partial charge in [-0.25, -0.2) is 9.59 Å². The van der Waals surface area contributed by atoms with E-state index in [1.165, 1.54) is 7.11 Å². The molecular weight excluding hydrogens is 372 g/mol. The molecule has 0 aliphatic heterocycles. The van der Waals surface area contributed by atoms with Gasteiger partial charge in [-0.3, -0.25) is 4.79 Å². The average Bonchev–Trinajstić information content (AvgIpc) is 2.73. The van der Waals surface area contributed by atoms with Crippen molar-refractivity contribution in [2.75, 3.05) is 13.7 Å².